The molecule has 0 saturated carbocycles. The molecule has 0 radical (unpaired) electrons. The van der Waals surface area contributed by atoms with Crippen molar-refractivity contribution in [3.05, 3.63) is 57.0 Å². The smallest absolute Gasteiger partial charge is 0.259 e. The predicted molar refractivity (Wildman–Crippen MR) is 123 cm³/mol. The zero-order chi connectivity index (χ0) is 20.7. The number of aliphatic imine (C=N–C) groups is 1. The summed E-state index contributed by atoms with van der Waals surface area (Å²) in [6.45, 7) is 7.62. The molecule has 30 heavy (non-hydrogen) atoms. The van der Waals surface area contributed by atoms with Crippen molar-refractivity contribution in [3.63, 3.8) is 0 Å². The lowest BCUT2D eigenvalue weighted by molar-refractivity contribution is 0.215. The number of allylic oxidation sites excluding steroid dienone is 2. The van der Waals surface area contributed by atoms with Gasteiger partial charge in [-0.2, -0.15) is 0 Å². The SMILES string of the molecule is Cc1cc(OCC2CCNCC2)cc2c(=O)[nH]c(C3=NCC4(C)SC=CC4=C3)nc12. The van der Waals surface area contributed by atoms with Gasteiger partial charge in [-0.3, -0.25) is 9.79 Å². The molecule has 156 valence electrons. The Kier molecular flexibility index (Phi) is 5.03. The predicted octanol–water partition coefficient (Wildman–Crippen LogP) is 3.36. The Balaban J connectivity index is 1.44. The highest BCUT2D eigenvalue weighted by Gasteiger charge is 2.34. The summed E-state index contributed by atoms with van der Waals surface area (Å²) in [6.07, 6.45) is 6.41. The Morgan fingerprint density at radius 2 is 2.13 bits per heavy atom. The largest absolute Gasteiger partial charge is 0.493 e. The molecule has 5 rings (SSSR count). The van der Waals surface area contributed by atoms with Crippen molar-refractivity contribution >= 4 is 28.4 Å². The van der Waals surface area contributed by atoms with Crippen LogP contribution in [0.15, 0.2) is 45.1 Å². The normalized spacial score (nSPS) is 23.9. The van der Waals surface area contributed by atoms with Crippen LogP contribution in [0.5, 0.6) is 5.75 Å². The number of aryl methyl sites for hydroxylation is 1. The van der Waals surface area contributed by atoms with Gasteiger partial charge in [0.15, 0.2) is 5.82 Å². The van der Waals surface area contributed by atoms with E-state index >= 15 is 0 Å². The van der Waals surface area contributed by atoms with Gasteiger partial charge in [0.1, 0.15) is 11.5 Å². The fraction of sp³-hybridized carbons (Fsp3) is 0.435. The number of aromatic amines is 1. The number of ether oxygens (including phenoxy) is 1. The van der Waals surface area contributed by atoms with Crippen molar-refractivity contribution < 1.29 is 4.74 Å². The van der Waals surface area contributed by atoms with Gasteiger partial charge in [-0.25, -0.2) is 4.98 Å². The molecule has 3 aliphatic heterocycles. The van der Waals surface area contributed by atoms with E-state index < -0.39 is 0 Å². The minimum atomic E-state index is -0.156. The summed E-state index contributed by atoms with van der Waals surface area (Å²) < 4.78 is 6.04. The van der Waals surface area contributed by atoms with Gasteiger partial charge in [-0.05, 0) is 80.4 Å². The third-order valence-electron chi connectivity index (χ3n) is 6.19. The fourth-order valence-corrected chi connectivity index (χ4v) is 5.17. The molecule has 1 aromatic carbocycles. The Morgan fingerprint density at radius 1 is 1.30 bits per heavy atom. The van der Waals surface area contributed by atoms with Crippen molar-refractivity contribution in [1.82, 2.24) is 15.3 Å². The lowest BCUT2D eigenvalue weighted by Gasteiger charge is -2.26. The van der Waals surface area contributed by atoms with Crippen LogP contribution < -0.4 is 15.6 Å². The summed E-state index contributed by atoms with van der Waals surface area (Å²) in [5.41, 5.74) is 3.44. The maximum atomic E-state index is 12.9. The first-order valence-corrected chi connectivity index (χ1v) is 11.4. The quantitative estimate of drug-likeness (QED) is 0.790. The zero-order valence-electron chi connectivity index (χ0n) is 17.3. The number of hydrogen-bond acceptors (Lipinski definition) is 6. The fourth-order valence-electron chi connectivity index (χ4n) is 4.25. The van der Waals surface area contributed by atoms with Gasteiger partial charge in [0.05, 0.1) is 28.8 Å². The van der Waals surface area contributed by atoms with Gasteiger partial charge in [-0.15, -0.1) is 11.8 Å². The van der Waals surface area contributed by atoms with Gasteiger partial charge in [-0.1, -0.05) is 6.08 Å². The van der Waals surface area contributed by atoms with Crippen LogP contribution in [0.3, 0.4) is 0 Å². The molecule has 0 spiro atoms. The highest BCUT2D eigenvalue weighted by Crippen LogP contribution is 2.42. The lowest BCUT2D eigenvalue weighted by atomic mass is 9.96. The number of aromatic nitrogens is 2. The molecule has 2 N–H and O–H groups in total. The van der Waals surface area contributed by atoms with Crippen molar-refractivity contribution in [2.45, 2.75) is 31.4 Å². The van der Waals surface area contributed by atoms with E-state index in [2.05, 4.69) is 28.7 Å². The second-order valence-electron chi connectivity index (χ2n) is 8.51. The maximum Gasteiger partial charge on any atom is 0.259 e. The molecule has 0 aliphatic carbocycles. The van der Waals surface area contributed by atoms with Crippen LogP contribution in [-0.4, -0.2) is 46.7 Å². The summed E-state index contributed by atoms with van der Waals surface area (Å²) in [7, 11) is 0. The Morgan fingerprint density at radius 3 is 2.97 bits per heavy atom. The second-order valence-corrected chi connectivity index (χ2v) is 9.92. The first-order chi connectivity index (χ1) is 14.5. The van der Waals surface area contributed by atoms with E-state index in [4.69, 9.17) is 14.7 Å². The second kappa shape index (κ2) is 7.71. The van der Waals surface area contributed by atoms with Crippen molar-refractivity contribution in [2.24, 2.45) is 10.9 Å². The summed E-state index contributed by atoms with van der Waals surface area (Å²) in [5, 5.41) is 6.04. The summed E-state index contributed by atoms with van der Waals surface area (Å²) in [5.74, 6) is 1.82. The van der Waals surface area contributed by atoms with Gasteiger partial charge in [0.2, 0.25) is 0 Å². The number of rotatable bonds is 4. The zero-order valence-corrected chi connectivity index (χ0v) is 18.1. The van der Waals surface area contributed by atoms with Crippen molar-refractivity contribution in [3.8, 4) is 5.75 Å². The first kappa shape index (κ1) is 19.6. The molecule has 1 saturated heterocycles. The van der Waals surface area contributed by atoms with Crippen LogP contribution >= 0.6 is 11.8 Å². The van der Waals surface area contributed by atoms with Crippen LogP contribution in [0.2, 0.25) is 0 Å². The Hall–Kier alpha value is -2.38. The minimum Gasteiger partial charge on any atom is -0.493 e. The molecule has 1 fully saturated rings. The number of nitrogens with zero attached hydrogens (tertiary/aromatic N) is 2. The molecular formula is C23H26N4O2S. The number of fused-ring (bicyclic) bond motifs is 2. The molecule has 1 aromatic heterocycles. The highest BCUT2D eigenvalue weighted by atomic mass is 32.2. The monoisotopic (exact) mass is 422 g/mol. The van der Waals surface area contributed by atoms with E-state index in [1.807, 2.05) is 25.1 Å². The van der Waals surface area contributed by atoms with E-state index in [0.717, 1.165) is 43.0 Å². The Bertz CT molecular complexity index is 1140. The van der Waals surface area contributed by atoms with Crippen LogP contribution in [-0.2, 0) is 0 Å². The van der Waals surface area contributed by atoms with E-state index in [9.17, 15) is 4.79 Å². The van der Waals surface area contributed by atoms with Gasteiger partial charge in [0, 0.05) is 0 Å². The van der Waals surface area contributed by atoms with E-state index in [0.29, 0.717) is 35.8 Å². The molecule has 6 nitrogen and oxygen atoms in total. The average molecular weight is 423 g/mol. The molecule has 0 amide bonds. The summed E-state index contributed by atoms with van der Waals surface area (Å²) in [6, 6.07) is 3.79. The van der Waals surface area contributed by atoms with E-state index in [1.165, 1.54) is 5.57 Å². The first-order valence-electron chi connectivity index (χ1n) is 10.5. The molecule has 0 bridgehead atoms. The van der Waals surface area contributed by atoms with Gasteiger partial charge in [0.25, 0.3) is 5.56 Å². The summed E-state index contributed by atoms with van der Waals surface area (Å²) in [4.78, 5) is 25.3. The average Bonchev–Trinajstić information content (AvgIpc) is 3.14. The van der Waals surface area contributed by atoms with Crippen LogP contribution in [0.1, 0.15) is 31.2 Å². The highest BCUT2D eigenvalue weighted by molar-refractivity contribution is 8.04. The number of nitrogens with one attached hydrogen (secondary N) is 2. The molecule has 1 atom stereocenters. The number of thioether (sulfide) groups is 1. The van der Waals surface area contributed by atoms with Crippen LogP contribution in [0, 0.1) is 12.8 Å². The van der Waals surface area contributed by atoms with E-state index in [-0.39, 0.29) is 10.3 Å². The maximum absolute atomic E-state index is 12.9. The van der Waals surface area contributed by atoms with Crippen molar-refractivity contribution in [2.75, 3.05) is 26.2 Å². The third kappa shape index (κ3) is 3.61. The lowest BCUT2D eigenvalue weighted by Crippen LogP contribution is -2.30. The minimum absolute atomic E-state index is 0.00278. The number of benzene rings is 1. The standard InChI is InChI=1S/C23H26N4O2S/c1-14-9-17(29-12-15-3-6-24-7-4-15)11-18-20(14)26-21(27-22(18)28)19-10-16-5-8-30-23(16,2)13-25-19/h5,8-11,15,24H,3-4,6-7,12-13H2,1-2H3,(H,26,27,28). The van der Waals surface area contributed by atoms with Crippen LogP contribution in [0.4, 0.5) is 0 Å². The third-order valence-corrected chi connectivity index (χ3v) is 7.35. The van der Waals surface area contributed by atoms with Gasteiger partial charge < -0.3 is 15.0 Å². The number of H-pyrrole nitrogens is 1. The molecule has 2 aromatic rings. The van der Waals surface area contributed by atoms with E-state index in [1.54, 1.807) is 11.8 Å². The molecule has 1 unspecified atom stereocenters. The number of piperidine rings is 1. The summed E-state index contributed by atoms with van der Waals surface area (Å²) >= 11 is 1.78. The number of dihydropyridines is 1. The van der Waals surface area contributed by atoms with Gasteiger partial charge >= 0.3 is 0 Å². The molecule has 4 heterocycles. The molecule has 3 aliphatic rings. The molecular weight excluding hydrogens is 396 g/mol. The van der Waals surface area contributed by atoms with Crippen molar-refractivity contribution in [1.29, 1.82) is 0 Å². The van der Waals surface area contributed by atoms with Crippen LogP contribution in [0.25, 0.3) is 10.9 Å². The topological polar surface area (TPSA) is 79.4 Å². The molecule has 7 heteroatoms. The Labute approximate surface area is 179 Å². The number of hydrogen-bond donors (Lipinski definition) is 2.